The molecule has 5 heteroatoms. The minimum Gasteiger partial charge on any atom is -0.493 e. The van der Waals surface area contributed by atoms with Gasteiger partial charge in [0.2, 0.25) is 5.91 Å². The molecule has 0 saturated heterocycles. The molecule has 3 N–H and O–H groups in total. The van der Waals surface area contributed by atoms with Crippen LogP contribution in [0.3, 0.4) is 0 Å². The molecule has 116 valence electrons. The maximum atomic E-state index is 12.1. The zero-order chi connectivity index (χ0) is 15.9. The van der Waals surface area contributed by atoms with E-state index in [2.05, 4.69) is 5.32 Å². The molecule has 0 radical (unpaired) electrons. The fourth-order valence-corrected chi connectivity index (χ4v) is 2.12. The van der Waals surface area contributed by atoms with Crippen molar-refractivity contribution in [3.8, 4) is 11.5 Å². The first-order valence-electron chi connectivity index (χ1n) is 6.95. The van der Waals surface area contributed by atoms with Crippen LogP contribution in [0.25, 0.3) is 0 Å². The van der Waals surface area contributed by atoms with Gasteiger partial charge in [-0.2, -0.15) is 0 Å². The van der Waals surface area contributed by atoms with Gasteiger partial charge in [-0.3, -0.25) is 4.79 Å². The first kappa shape index (κ1) is 15.7. The highest BCUT2D eigenvalue weighted by Crippen LogP contribution is 2.32. The number of nitrogen functional groups attached to an aromatic ring is 1. The molecule has 0 aromatic heterocycles. The quantitative estimate of drug-likeness (QED) is 0.802. The van der Waals surface area contributed by atoms with E-state index in [1.165, 1.54) is 0 Å². The van der Waals surface area contributed by atoms with E-state index in [1.54, 1.807) is 26.4 Å². The van der Waals surface area contributed by atoms with Gasteiger partial charge >= 0.3 is 0 Å². The van der Waals surface area contributed by atoms with Gasteiger partial charge in [-0.15, -0.1) is 0 Å². The number of carbonyl (C=O) groups excluding carboxylic acids is 1. The van der Waals surface area contributed by atoms with Crippen molar-refractivity contribution in [2.24, 2.45) is 0 Å². The molecule has 5 nitrogen and oxygen atoms in total. The van der Waals surface area contributed by atoms with Crippen LogP contribution in [-0.4, -0.2) is 20.1 Å². The Morgan fingerprint density at radius 1 is 1.09 bits per heavy atom. The van der Waals surface area contributed by atoms with Gasteiger partial charge in [0.15, 0.2) is 11.5 Å². The maximum absolute atomic E-state index is 12.1. The summed E-state index contributed by atoms with van der Waals surface area (Å²) in [5, 5.41) is 2.87. The average molecular weight is 300 g/mol. The Kier molecular flexibility index (Phi) is 5.25. The number of hydrogen-bond donors (Lipinski definition) is 2. The second-order valence-electron chi connectivity index (χ2n) is 4.85. The number of nitrogens with two attached hydrogens (primary N) is 1. The molecule has 0 spiro atoms. The van der Waals surface area contributed by atoms with Crippen LogP contribution in [0.1, 0.15) is 11.1 Å². The SMILES string of the molecule is COc1cc(N)c(CC(=O)NCc2ccccc2)cc1OC. The summed E-state index contributed by atoms with van der Waals surface area (Å²) in [4.78, 5) is 12.1. The van der Waals surface area contributed by atoms with Crippen molar-refractivity contribution in [2.75, 3.05) is 20.0 Å². The van der Waals surface area contributed by atoms with Gasteiger partial charge < -0.3 is 20.5 Å². The molecule has 0 heterocycles. The lowest BCUT2D eigenvalue weighted by Crippen LogP contribution is -2.24. The van der Waals surface area contributed by atoms with Crippen molar-refractivity contribution < 1.29 is 14.3 Å². The predicted molar refractivity (Wildman–Crippen MR) is 86.0 cm³/mol. The monoisotopic (exact) mass is 300 g/mol. The summed E-state index contributed by atoms with van der Waals surface area (Å²) >= 11 is 0. The zero-order valence-corrected chi connectivity index (χ0v) is 12.8. The second-order valence-corrected chi connectivity index (χ2v) is 4.85. The molecule has 0 atom stereocenters. The van der Waals surface area contributed by atoms with Crippen LogP contribution in [0.2, 0.25) is 0 Å². The number of nitrogens with one attached hydrogen (secondary N) is 1. The maximum Gasteiger partial charge on any atom is 0.224 e. The van der Waals surface area contributed by atoms with Gasteiger partial charge in [0.1, 0.15) is 0 Å². The van der Waals surface area contributed by atoms with Crippen LogP contribution in [-0.2, 0) is 17.8 Å². The van der Waals surface area contributed by atoms with Crippen molar-refractivity contribution in [3.05, 3.63) is 53.6 Å². The number of benzene rings is 2. The summed E-state index contributed by atoms with van der Waals surface area (Å²) in [6.07, 6.45) is 0.193. The molecule has 2 aromatic rings. The molecule has 2 rings (SSSR count). The first-order valence-corrected chi connectivity index (χ1v) is 6.95. The summed E-state index contributed by atoms with van der Waals surface area (Å²) in [6.45, 7) is 0.493. The van der Waals surface area contributed by atoms with Crippen molar-refractivity contribution >= 4 is 11.6 Å². The highest BCUT2D eigenvalue weighted by Gasteiger charge is 2.12. The van der Waals surface area contributed by atoms with Gasteiger partial charge in [-0.1, -0.05) is 30.3 Å². The fourth-order valence-electron chi connectivity index (χ4n) is 2.12. The van der Waals surface area contributed by atoms with Gasteiger partial charge in [-0.25, -0.2) is 0 Å². The minimum atomic E-state index is -0.0947. The lowest BCUT2D eigenvalue weighted by molar-refractivity contribution is -0.120. The minimum absolute atomic E-state index is 0.0947. The number of rotatable bonds is 6. The number of methoxy groups -OCH3 is 2. The average Bonchev–Trinajstić information content (AvgIpc) is 2.55. The zero-order valence-electron chi connectivity index (χ0n) is 12.8. The summed E-state index contributed by atoms with van der Waals surface area (Å²) < 4.78 is 10.4. The summed E-state index contributed by atoms with van der Waals surface area (Å²) in [7, 11) is 3.09. The van der Waals surface area contributed by atoms with E-state index in [0.717, 1.165) is 5.56 Å². The van der Waals surface area contributed by atoms with Gasteiger partial charge in [0, 0.05) is 18.3 Å². The molecule has 0 unspecified atom stereocenters. The molecule has 22 heavy (non-hydrogen) atoms. The summed E-state index contributed by atoms with van der Waals surface area (Å²) in [5.74, 6) is 1.01. The second kappa shape index (κ2) is 7.36. The van der Waals surface area contributed by atoms with Gasteiger partial charge in [0.25, 0.3) is 0 Å². The van der Waals surface area contributed by atoms with Crippen LogP contribution in [0.5, 0.6) is 11.5 Å². The van der Waals surface area contributed by atoms with E-state index in [0.29, 0.717) is 29.3 Å². The van der Waals surface area contributed by atoms with E-state index >= 15 is 0 Å². The normalized spacial score (nSPS) is 10.1. The molecule has 1 amide bonds. The number of hydrogen-bond acceptors (Lipinski definition) is 4. The van der Waals surface area contributed by atoms with E-state index < -0.39 is 0 Å². The van der Waals surface area contributed by atoms with Gasteiger partial charge in [-0.05, 0) is 17.2 Å². The Bertz CT molecular complexity index is 642. The number of anilines is 1. The van der Waals surface area contributed by atoms with Crippen LogP contribution in [0, 0.1) is 0 Å². The summed E-state index contributed by atoms with van der Waals surface area (Å²) in [5.41, 5.74) is 8.23. The number of amides is 1. The van der Waals surface area contributed by atoms with Crippen molar-refractivity contribution in [1.29, 1.82) is 0 Å². The smallest absolute Gasteiger partial charge is 0.224 e. The summed E-state index contributed by atoms with van der Waals surface area (Å²) in [6, 6.07) is 13.1. The highest BCUT2D eigenvalue weighted by atomic mass is 16.5. The van der Waals surface area contributed by atoms with E-state index in [9.17, 15) is 4.79 Å². The Labute approximate surface area is 130 Å². The van der Waals surface area contributed by atoms with E-state index in [1.807, 2.05) is 30.3 Å². The predicted octanol–water partition coefficient (Wildman–Crippen LogP) is 2.14. The third-order valence-electron chi connectivity index (χ3n) is 3.33. The molecule has 2 aromatic carbocycles. The molecule has 0 bridgehead atoms. The largest absolute Gasteiger partial charge is 0.493 e. The van der Waals surface area contributed by atoms with E-state index in [-0.39, 0.29) is 12.3 Å². The number of ether oxygens (including phenoxy) is 2. The molecule has 0 saturated carbocycles. The van der Waals surface area contributed by atoms with Crippen molar-refractivity contribution in [2.45, 2.75) is 13.0 Å². The Morgan fingerprint density at radius 2 is 1.73 bits per heavy atom. The molecule has 0 aliphatic carbocycles. The Morgan fingerprint density at radius 3 is 2.36 bits per heavy atom. The van der Waals surface area contributed by atoms with E-state index in [4.69, 9.17) is 15.2 Å². The van der Waals surface area contributed by atoms with Gasteiger partial charge in [0.05, 0.1) is 20.6 Å². The highest BCUT2D eigenvalue weighted by molar-refractivity contribution is 5.80. The van der Waals surface area contributed by atoms with Crippen molar-refractivity contribution in [1.82, 2.24) is 5.32 Å². The Balaban J connectivity index is 2.02. The lowest BCUT2D eigenvalue weighted by atomic mass is 10.1. The fraction of sp³-hybridized carbons (Fsp3) is 0.235. The van der Waals surface area contributed by atoms with Crippen LogP contribution < -0.4 is 20.5 Å². The topological polar surface area (TPSA) is 73.6 Å². The van der Waals surface area contributed by atoms with Crippen LogP contribution in [0.4, 0.5) is 5.69 Å². The Hall–Kier alpha value is -2.69. The first-order chi connectivity index (χ1) is 10.6. The molecule has 0 fully saturated rings. The third-order valence-corrected chi connectivity index (χ3v) is 3.33. The molecular formula is C17H20N2O3. The molecular weight excluding hydrogens is 280 g/mol. The standard InChI is InChI=1S/C17H20N2O3/c1-21-15-8-13(14(18)10-16(15)22-2)9-17(20)19-11-12-6-4-3-5-7-12/h3-8,10H,9,11,18H2,1-2H3,(H,19,20). The van der Waals surface area contributed by atoms with Crippen molar-refractivity contribution in [3.63, 3.8) is 0 Å². The number of carbonyl (C=O) groups is 1. The van der Waals surface area contributed by atoms with Crippen LogP contribution >= 0.6 is 0 Å². The van der Waals surface area contributed by atoms with Crippen LogP contribution in [0.15, 0.2) is 42.5 Å². The lowest BCUT2D eigenvalue weighted by Gasteiger charge is -2.12. The molecule has 0 aliphatic rings. The molecule has 0 aliphatic heterocycles. The third kappa shape index (κ3) is 3.91.